The monoisotopic (exact) mass is 391 g/mol. The molecule has 3 rings (SSSR count). The number of halogens is 1. The Kier molecular flexibility index (Phi) is 6.49. The third-order valence-corrected chi connectivity index (χ3v) is 5.67. The van der Waals surface area contributed by atoms with Crippen LogP contribution < -0.4 is 10.6 Å². The molecule has 1 saturated carbocycles. The van der Waals surface area contributed by atoms with Crippen molar-refractivity contribution in [2.75, 3.05) is 18.4 Å². The minimum atomic E-state index is -0.759. The van der Waals surface area contributed by atoms with Gasteiger partial charge in [0.2, 0.25) is 5.91 Å². The van der Waals surface area contributed by atoms with E-state index in [-0.39, 0.29) is 35.6 Å². The Morgan fingerprint density at radius 2 is 1.54 bits per heavy atom. The summed E-state index contributed by atoms with van der Waals surface area (Å²) in [6, 6.07) is 5.52. The second-order valence-corrected chi connectivity index (χ2v) is 7.59. The number of carboxylic acids is 1. The number of carbonyl (C=O) groups is 3. The maximum atomic E-state index is 12.9. The molecule has 8 heteroatoms. The summed E-state index contributed by atoms with van der Waals surface area (Å²) in [6.45, 7) is 0.996. The van der Waals surface area contributed by atoms with Gasteiger partial charge in [0.15, 0.2) is 0 Å². The fraction of sp³-hybridized carbons (Fsp3) is 0.550. The van der Waals surface area contributed by atoms with E-state index in [0.29, 0.717) is 57.3 Å². The number of anilines is 1. The van der Waals surface area contributed by atoms with Gasteiger partial charge in [0.25, 0.3) is 0 Å². The molecule has 0 bridgehead atoms. The molecular weight excluding hydrogens is 365 g/mol. The summed E-state index contributed by atoms with van der Waals surface area (Å²) in [7, 11) is 0. The van der Waals surface area contributed by atoms with Crippen molar-refractivity contribution in [3.05, 3.63) is 30.1 Å². The molecule has 0 radical (unpaired) electrons. The molecule has 3 amide bonds. The smallest absolute Gasteiger partial charge is 0.317 e. The minimum absolute atomic E-state index is 0.0163. The minimum Gasteiger partial charge on any atom is -0.481 e. The van der Waals surface area contributed by atoms with Gasteiger partial charge in [-0.15, -0.1) is 0 Å². The second-order valence-electron chi connectivity index (χ2n) is 7.59. The highest BCUT2D eigenvalue weighted by Gasteiger charge is 2.30. The standard InChI is InChI=1S/C20H26FN3O4/c21-15-3-7-16(8-4-15)22-18(25)13-9-11-24(12-10-13)20(28)23-17-5-1-14(2-6-17)19(26)27/h3-4,7-8,13-14,17H,1-2,5-6,9-12H2,(H,22,25)(H,23,28)(H,26,27). The van der Waals surface area contributed by atoms with Gasteiger partial charge >= 0.3 is 12.0 Å². The van der Waals surface area contributed by atoms with Crippen molar-refractivity contribution in [1.29, 1.82) is 0 Å². The van der Waals surface area contributed by atoms with Crippen LogP contribution >= 0.6 is 0 Å². The quantitative estimate of drug-likeness (QED) is 0.735. The lowest BCUT2D eigenvalue weighted by Gasteiger charge is -2.34. The fourth-order valence-corrected chi connectivity index (χ4v) is 3.87. The molecule has 152 valence electrons. The van der Waals surface area contributed by atoms with Crippen LogP contribution in [0.1, 0.15) is 38.5 Å². The highest BCUT2D eigenvalue weighted by atomic mass is 19.1. The zero-order valence-corrected chi connectivity index (χ0v) is 15.7. The average Bonchev–Trinajstić information content (AvgIpc) is 2.70. The molecule has 1 heterocycles. The molecule has 1 aromatic carbocycles. The van der Waals surface area contributed by atoms with Gasteiger partial charge in [0.05, 0.1) is 5.92 Å². The summed E-state index contributed by atoms with van der Waals surface area (Å²) in [5.41, 5.74) is 0.559. The van der Waals surface area contributed by atoms with Crippen LogP contribution in [0.25, 0.3) is 0 Å². The van der Waals surface area contributed by atoms with Crippen LogP contribution in [0.5, 0.6) is 0 Å². The first-order valence-electron chi connectivity index (χ1n) is 9.77. The maximum Gasteiger partial charge on any atom is 0.317 e. The Morgan fingerprint density at radius 1 is 0.929 bits per heavy atom. The number of urea groups is 1. The van der Waals surface area contributed by atoms with Crippen LogP contribution in [-0.2, 0) is 9.59 Å². The Balaban J connectivity index is 1.41. The highest BCUT2D eigenvalue weighted by molar-refractivity contribution is 5.92. The topological polar surface area (TPSA) is 98.7 Å². The van der Waals surface area contributed by atoms with Gasteiger partial charge in [-0.2, -0.15) is 0 Å². The van der Waals surface area contributed by atoms with Gasteiger partial charge in [0.1, 0.15) is 5.82 Å². The molecule has 7 nitrogen and oxygen atoms in total. The van der Waals surface area contributed by atoms with Crippen molar-refractivity contribution < 1.29 is 23.9 Å². The molecule has 1 aromatic rings. The molecule has 0 spiro atoms. The molecule has 3 N–H and O–H groups in total. The molecule has 28 heavy (non-hydrogen) atoms. The predicted octanol–water partition coefficient (Wildman–Crippen LogP) is 2.83. The molecular formula is C20H26FN3O4. The molecule has 0 aromatic heterocycles. The normalized spacial score (nSPS) is 23.1. The van der Waals surface area contributed by atoms with Crippen LogP contribution in [0, 0.1) is 17.7 Å². The summed E-state index contributed by atoms with van der Waals surface area (Å²) in [5.74, 6) is -1.71. The van der Waals surface area contributed by atoms with E-state index in [4.69, 9.17) is 5.11 Å². The number of likely N-dealkylation sites (tertiary alicyclic amines) is 1. The van der Waals surface area contributed by atoms with Gasteiger partial charge in [-0.1, -0.05) is 0 Å². The molecule has 0 atom stereocenters. The Bertz CT molecular complexity index is 709. The predicted molar refractivity (Wildman–Crippen MR) is 101 cm³/mol. The van der Waals surface area contributed by atoms with Crippen molar-refractivity contribution >= 4 is 23.6 Å². The van der Waals surface area contributed by atoms with Gasteiger partial charge in [0, 0.05) is 30.7 Å². The van der Waals surface area contributed by atoms with Crippen LogP contribution in [0.4, 0.5) is 14.9 Å². The third kappa shape index (κ3) is 5.21. The number of piperidine rings is 1. The largest absolute Gasteiger partial charge is 0.481 e. The van der Waals surface area contributed by atoms with Crippen molar-refractivity contribution in [1.82, 2.24) is 10.2 Å². The zero-order valence-electron chi connectivity index (χ0n) is 15.7. The first-order chi connectivity index (χ1) is 13.4. The number of amides is 3. The summed E-state index contributed by atoms with van der Waals surface area (Å²) in [4.78, 5) is 37.5. The lowest BCUT2D eigenvalue weighted by molar-refractivity contribution is -0.142. The van der Waals surface area contributed by atoms with E-state index in [1.807, 2.05) is 0 Å². The van der Waals surface area contributed by atoms with Crippen molar-refractivity contribution in [2.45, 2.75) is 44.6 Å². The first kappa shape index (κ1) is 20.1. The number of carboxylic acid groups (broad SMARTS) is 1. The number of nitrogens with one attached hydrogen (secondary N) is 2. The number of hydrogen-bond acceptors (Lipinski definition) is 3. The summed E-state index contributed by atoms with van der Waals surface area (Å²) >= 11 is 0. The number of rotatable bonds is 4. The number of hydrogen-bond donors (Lipinski definition) is 3. The summed E-state index contributed by atoms with van der Waals surface area (Å²) < 4.78 is 12.9. The van der Waals surface area contributed by atoms with E-state index in [2.05, 4.69) is 10.6 Å². The first-order valence-corrected chi connectivity index (χ1v) is 9.77. The number of aliphatic carboxylic acids is 1. The Hall–Kier alpha value is -2.64. The van der Waals surface area contributed by atoms with E-state index in [9.17, 15) is 18.8 Å². The molecule has 1 aliphatic carbocycles. The third-order valence-electron chi connectivity index (χ3n) is 5.67. The SMILES string of the molecule is O=C(O)C1CCC(NC(=O)N2CCC(C(=O)Nc3ccc(F)cc3)CC2)CC1. The lowest BCUT2D eigenvalue weighted by Crippen LogP contribution is -2.49. The van der Waals surface area contributed by atoms with E-state index in [1.54, 1.807) is 4.90 Å². The van der Waals surface area contributed by atoms with Crippen molar-refractivity contribution in [3.63, 3.8) is 0 Å². The van der Waals surface area contributed by atoms with Gasteiger partial charge in [-0.3, -0.25) is 9.59 Å². The summed E-state index contributed by atoms with van der Waals surface area (Å²) in [5, 5.41) is 14.8. The van der Waals surface area contributed by atoms with Gasteiger partial charge in [-0.25, -0.2) is 9.18 Å². The number of benzene rings is 1. The fourth-order valence-electron chi connectivity index (χ4n) is 3.87. The molecule has 2 fully saturated rings. The molecule has 2 aliphatic rings. The molecule has 1 aliphatic heterocycles. The Morgan fingerprint density at radius 3 is 2.11 bits per heavy atom. The lowest BCUT2D eigenvalue weighted by atomic mass is 9.86. The second kappa shape index (κ2) is 9.03. The van der Waals surface area contributed by atoms with E-state index >= 15 is 0 Å². The van der Waals surface area contributed by atoms with Crippen molar-refractivity contribution in [2.24, 2.45) is 11.8 Å². The molecule has 0 unspecified atom stereocenters. The Labute approximate surface area is 163 Å². The van der Waals surface area contributed by atoms with Crippen LogP contribution in [0.15, 0.2) is 24.3 Å². The molecule has 1 saturated heterocycles. The van der Waals surface area contributed by atoms with Gasteiger partial charge < -0.3 is 20.6 Å². The zero-order chi connectivity index (χ0) is 20.1. The summed E-state index contributed by atoms with van der Waals surface area (Å²) in [6.07, 6.45) is 3.69. The van der Waals surface area contributed by atoms with E-state index in [1.165, 1.54) is 24.3 Å². The van der Waals surface area contributed by atoms with Crippen LogP contribution in [0.3, 0.4) is 0 Å². The maximum absolute atomic E-state index is 12.9. The van der Waals surface area contributed by atoms with Crippen LogP contribution in [0.2, 0.25) is 0 Å². The highest BCUT2D eigenvalue weighted by Crippen LogP contribution is 2.25. The average molecular weight is 391 g/mol. The van der Waals surface area contributed by atoms with Crippen LogP contribution in [-0.4, -0.2) is 47.0 Å². The van der Waals surface area contributed by atoms with E-state index < -0.39 is 5.97 Å². The van der Waals surface area contributed by atoms with Crippen molar-refractivity contribution in [3.8, 4) is 0 Å². The number of carbonyl (C=O) groups excluding carboxylic acids is 2. The van der Waals surface area contributed by atoms with Gasteiger partial charge in [-0.05, 0) is 62.8 Å². The number of nitrogens with zero attached hydrogens (tertiary/aromatic N) is 1. The van der Waals surface area contributed by atoms with E-state index in [0.717, 1.165) is 0 Å².